The van der Waals surface area contributed by atoms with Crippen LogP contribution in [-0.2, 0) is 0 Å². The third-order valence-electron chi connectivity index (χ3n) is 3.16. The van der Waals surface area contributed by atoms with Gasteiger partial charge in [0.25, 0.3) is 0 Å². The van der Waals surface area contributed by atoms with Crippen molar-refractivity contribution >= 4 is 28.1 Å². The average molecular weight is 297 g/mol. The standard InChI is InChI=1S/C14H17ClN2OS/c1-9(11-4-6-12(15)7-5-11)17(3)14-16-8-13(19-14)10(2)18/h4-10,18H,1-3H3. The molecule has 0 radical (unpaired) electrons. The van der Waals surface area contributed by atoms with Crippen molar-refractivity contribution < 1.29 is 5.11 Å². The number of thiazole rings is 1. The summed E-state index contributed by atoms with van der Waals surface area (Å²) in [5.74, 6) is 0. The molecule has 102 valence electrons. The zero-order valence-corrected chi connectivity index (χ0v) is 12.7. The van der Waals surface area contributed by atoms with Crippen LogP contribution in [0, 0.1) is 0 Å². The highest BCUT2D eigenvalue weighted by molar-refractivity contribution is 7.15. The fraction of sp³-hybridized carbons (Fsp3) is 0.357. The number of aliphatic hydroxyl groups is 1. The summed E-state index contributed by atoms with van der Waals surface area (Å²) in [6.45, 7) is 3.87. The lowest BCUT2D eigenvalue weighted by atomic mass is 10.1. The molecule has 2 aromatic rings. The van der Waals surface area contributed by atoms with Crippen molar-refractivity contribution in [2.45, 2.75) is 26.0 Å². The Labute approximate surface area is 122 Å². The van der Waals surface area contributed by atoms with Gasteiger partial charge in [0.05, 0.1) is 17.0 Å². The molecule has 19 heavy (non-hydrogen) atoms. The molecule has 0 amide bonds. The van der Waals surface area contributed by atoms with E-state index in [1.54, 1.807) is 13.1 Å². The van der Waals surface area contributed by atoms with Crippen LogP contribution in [0.15, 0.2) is 30.5 Å². The average Bonchev–Trinajstić information content (AvgIpc) is 2.87. The van der Waals surface area contributed by atoms with Gasteiger partial charge in [0.15, 0.2) is 5.13 Å². The number of hydrogen-bond donors (Lipinski definition) is 1. The highest BCUT2D eigenvalue weighted by Crippen LogP contribution is 2.31. The van der Waals surface area contributed by atoms with E-state index in [4.69, 9.17) is 11.6 Å². The number of benzene rings is 1. The van der Waals surface area contributed by atoms with Gasteiger partial charge in [-0.05, 0) is 31.5 Å². The molecule has 1 N–H and O–H groups in total. The summed E-state index contributed by atoms with van der Waals surface area (Å²) in [7, 11) is 2.00. The molecule has 0 saturated heterocycles. The maximum atomic E-state index is 9.54. The second kappa shape index (κ2) is 5.90. The topological polar surface area (TPSA) is 36.4 Å². The second-order valence-electron chi connectivity index (χ2n) is 4.56. The van der Waals surface area contributed by atoms with E-state index in [0.29, 0.717) is 0 Å². The van der Waals surface area contributed by atoms with Crippen LogP contribution in [0.5, 0.6) is 0 Å². The second-order valence-corrected chi connectivity index (χ2v) is 6.04. The molecule has 0 fully saturated rings. The molecule has 0 aliphatic heterocycles. The fourth-order valence-corrected chi connectivity index (χ4v) is 2.78. The Balaban J connectivity index is 2.17. The van der Waals surface area contributed by atoms with Crippen LogP contribution in [0.3, 0.4) is 0 Å². The molecule has 1 aromatic heterocycles. The third-order valence-corrected chi connectivity index (χ3v) is 4.67. The van der Waals surface area contributed by atoms with Gasteiger partial charge in [-0.3, -0.25) is 0 Å². The van der Waals surface area contributed by atoms with Gasteiger partial charge < -0.3 is 10.0 Å². The molecule has 1 aromatic carbocycles. The van der Waals surface area contributed by atoms with E-state index in [2.05, 4.69) is 16.8 Å². The summed E-state index contributed by atoms with van der Waals surface area (Å²) in [6.07, 6.45) is 1.26. The minimum atomic E-state index is -0.467. The van der Waals surface area contributed by atoms with Gasteiger partial charge in [-0.1, -0.05) is 35.1 Å². The number of nitrogens with zero attached hydrogens (tertiary/aromatic N) is 2. The number of anilines is 1. The van der Waals surface area contributed by atoms with E-state index in [-0.39, 0.29) is 6.04 Å². The third kappa shape index (κ3) is 3.26. The molecule has 2 unspecified atom stereocenters. The smallest absolute Gasteiger partial charge is 0.185 e. The minimum Gasteiger partial charge on any atom is -0.388 e. The van der Waals surface area contributed by atoms with Crippen LogP contribution in [0.1, 0.15) is 36.4 Å². The molecule has 0 spiro atoms. The molecule has 2 rings (SSSR count). The van der Waals surface area contributed by atoms with Crippen LogP contribution in [-0.4, -0.2) is 17.1 Å². The first kappa shape index (κ1) is 14.3. The lowest BCUT2D eigenvalue weighted by Gasteiger charge is -2.24. The van der Waals surface area contributed by atoms with Crippen LogP contribution in [0.2, 0.25) is 5.02 Å². The van der Waals surface area contributed by atoms with E-state index >= 15 is 0 Å². The van der Waals surface area contributed by atoms with Gasteiger partial charge in [0.2, 0.25) is 0 Å². The molecule has 5 heteroatoms. The van der Waals surface area contributed by atoms with Gasteiger partial charge >= 0.3 is 0 Å². The van der Waals surface area contributed by atoms with Gasteiger partial charge in [-0.2, -0.15) is 0 Å². The lowest BCUT2D eigenvalue weighted by molar-refractivity contribution is 0.203. The fourth-order valence-electron chi connectivity index (χ4n) is 1.76. The van der Waals surface area contributed by atoms with Gasteiger partial charge in [0.1, 0.15) is 0 Å². The predicted molar refractivity (Wildman–Crippen MR) is 81.0 cm³/mol. The van der Waals surface area contributed by atoms with Crippen molar-refractivity contribution in [3.8, 4) is 0 Å². The van der Waals surface area contributed by atoms with Crippen molar-refractivity contribution in [1.29, 1.82) is 0 Å². The van der Waals surface area contributed by atoms with E-state index < -0.39 is 6.10 Å². The summed E-state index contributed by atoms with van der Waals surface area (Å²) in [6, 6.07) is 8.03. The zero-order chi connectivity index (χ0) is 14.0. The minimum absolute atomic E-state index is 0.199. The summed E-state index contributed by atoms with van der Waals surface area (Å²) in [5, 5.41) is 11.2. The van der Waals surface area contributed by atoms with Crippen LogP contribution < -0.4 is 4.90 Å². The highest BCUT2D eigenvalue weighted by Gasteiger charge is 2.16. The number of hydrogen-bond acceptors (Lipinski definition) is 4. The molecule has 3 nitrogen and oxygen atoms in total. The highest BCUT2D eigenvalue weighted by atomic mass is 35.5. The van der Waals surface area contributed by atoms with Gasteiger partial charge in [-0.25, -0.2) is 4.98 Å². The lowest BCUT2D eigenvalue weighted by Crippen LogP contribution is -2.21. The number of aromatic nitrogens is 1. The van der Waals surface area contributed by atoms with Crippen LogP contribution in [0.4, 0.5) is 5.13 Å². The molecular weight excluding hydrogens is 280 g/mol. The molecule has 0 bridgehead atoms. The van der Waals surface area contributed by atoms with E-state index in [1.807, 2.05) is 31.3 Å². The molecule has 1 heterocycles. The van der Waals surface area contributed by atoms with Crippen molar-refractivity contribution in [3.63, 3.8) is 0 Å². The van der Waals surface area contributed by atoms with E-state index in [1.165, 1.54) is 16.9 Å². The number of halogens is 1. The van der Waals surface area contributed by atoms with Crippen molar-refractivity contribution in [2.75, 3.05) is 11.9 Å². The van der Waals surface area contributed by atoms with Crippen molar-refractivity contribution in [1.82, 2.24) is 4.98 Å². The summed E-state index contributed by atoms with van der Waals surface area (Å²) < 4.78 is 0. The zero-order valence-electron chi connectivity index (χ0n) is 11.2. The van der Waals surface area contributed by atoms with Crippen LogP contribution in [0.25, 0.3) is 0 Å². The normalized spacial score (nSPS) is 14.2. The quantitative estimate of drug-likeness (QED) is 0.925. The maximum Gasteiger partial charge on any atom is 0.185 e. The maximum absolute atomic E-state index is 9.54. The Kier molecular flexibility index (Phi) is 4.45. The monoisotopic (exact) mass is 296 g/mol. The largest absolute Gasteiger partial charge is 0.388 e. The Morgan fingerprint density at radius 3 is 2.42 bits per heavy atom. The van der Waals surface area contributed by atoms with Crippen LogP contribution >= 0.6 is 22.9 Å². The molecule has 0 saturated carbocycles. The van der Waals surface area contributed by atoms with Crippen molar-refractivity contribution in [3.05, 3.63) is 45.9 Å². The van der Waals surface area contributed by atoms with E-state index in [9.17, 15) is 5.11 Å². The molecule has 0 aliphatic rings. The Hall–Kier alpha value is -1.10. The van der Waals surface area contributed by atoms with E-state index in [0.717, 1.165) is 15.0 Å². The first-order chi connectivity index (χ1) is 8.99. The number of aliphatic hydroxyl groups excluding tert-OH is 1. The van der Waals surface area contributed by atoms with Crippen molar-refractivity contribution in [2.24, 2.45) is 0 Å². The van der Waals surface area contributed by atoms with Gasteiger partial charge in [0, 0.05) is 18.3 Å². The summed E-state index contributed by atoms with van der Waals surface area (Å²) in [4.78, 5) is 7.34. The first-order valence-corrected chi connectivity index (χ1v) is 7.30. The molecule has 2 atom stereocenters. The van der Waals surface area contributed by atoms with Gasteiger partial charge in [-0.15, -0.1) is 0 Å². The number of rotatable bonds is 4. The molecule has 0 aliphatic carbocycles. The Morgan fingerprint density at radius 1 is 1.26 bits per heavy atom. The summed E-state index contributed by atoms with van der Waals surface area (Å²) >= 11 is 7.41. The summed E-state index contributed by atoms with van der Waals surface area (Å²) in [5.41, 5.74) is 1.18. The SMILES string of the molecule is CC(O)c1cnc(N(C)C(C)c2ccc(Cl)cc2)s1. The predicted octanol–water partition coefficient (Wildman–Crippen LogP) is 4.05. The molecular formula is C14H17ClN2OS. The Bertz CT molecular complexity index is 539. The first-order valence-electron chi connectivity index (χ1n) is 6.11. The Morgan fingerprint density at radius 2 is 1.89 bits per heavy atom.